The Kier molecular flexibility index (Phi) is 14.3. The number of rotatable bonds is 7. The van der Waals surface area contributed by atoms with Crippen molar-refractivity contribution in [3.05, 3.63) is 7.43 Å². The molecular weight excluding hydrogens is 401 g/mol. The number of hydrogen-bond donors (Lipinski definition) is 2. The first-order valence-corrected chi connectivity index (χ1v) is 6.98. The molecule has 0 radical (unpaired) electrons. The molecule has 2 amide bonds. The third-order valence-corrected chi connectivity index (χ3v) is 3.49. The second-order valence-corrected chi connectivity index (χ2v) is 5.37. The van der Waals surface area contributed by atoms with Gasteiger partial charge in [0.05, 0.1) is 11.5 Å². The fourth-order valence-electron chi connectivity index (χ4n) is 1.80. The number of nitrogens with zero attached hydrogens (tertiary/aromatic N) is 1. The average molecular weight is 422 g/mol. The predicted molar refractivity (Wildman–Crippen MR) is 74.7 cm³/mol. The Bertz CT molecular complexity index is 341. The van der Waals surface area contributed by atoms with Crippen LogP contribution in [-0.4, -0.2) is 58.9 Å². The number of carbonyl (C=O) groups is 3. The summed E-state index contributed by atoms with van der Waals surface area (Å²) in [4.78, 5) is 34.8. The molecule has 0 saturated carbocycles. The molecule has 8 heteroatoms. The minimum atomic E-state index is -0.926. The van der Waals surface area contributed by atoms with E-state index >= 15 is 0 Å². The van der Waals surface area contributed by atoms with Gasteiger partial charge in [0.1, 0.15) is 0 Å². The third kappa shape index (κ3) is 9.69. The molecule has 1 saturated heterocycles. The van der Waals surface area contributed by atoms with Gasteiger partial charge in [-0.1, -0.05) is 6.92 Å². The number of carbonyl (C=O) groups excluding carboxylic acids is 2. The zero-order chi connectivity index (χ0) is 13.5. The largest absolute Gasteiger partial charge is 1.00 e. The number of carboxylic acids is 1. The second kappa shape index (κ2) is 12.4. The van der Waals surface area contributed by atoms with Crippen molar-refractivity contribution in [2.75, 3.05) is 31.1 Å². The van der Waals surface area contributed by atoms with Crippen molar-refractivity contribution in [3.8, 4) is 0 Å². The Hall–Kier alpha value is 0.812. The first-order chi connectivity index (χ1) is 8.49. The minimum absolute atomic E-state index is 0. The van der Waals surface area contributed by atoms with Crippen LogP contribution in [0.25, 0.3) is 0 Å². The molecule has 110 valence electrons. The quantitative estimate of drug-likeness (QED) is 0.435. The molecule has 6 nitrogen and oxygen atoms in total. The molecule has 2 N–H and O–H groups in total. The van der Waals surface area contributed by atoms with Gasteiger partial charge >= 0.3 is 74.9 Å². The Morgan fingerprint density at radius 3 is 2.60 bits per heavy atom. The van der Waals surface area contributed by atoms with Gasteiger partial charge in [0.25, 0.3) is 0 Å². The van der Waals surface area contributed by atoms with Crippen molar-refractivity contribution in [2.45, 2.75) is 13.3 Å². The second-order valence-electron chi connectivity index (χ2n) is 4.39. The summed E-state index contributed by atoms with van der Waals surface area (Å²) in [5.41, 5.74) is 0. The van der Waals surface area contributed by atoms with E-state index in [1.54, 1.807) is 4.90 Å². The number of nitrogens with one attached hydrogen (secondary N) is 1. The van der Waals surface area contributed by atoms with E-state index in [0.717, 1.165) is 18.3 Å². The van der Waals surface area contributed by atoms with Crippen LogP contribution < -0.4 is 74.2 Å². The molecule has 1 unspecified atom stereocenters. The van der Waals surface area contributed by atoms with Crippen molar-refractivity contribution in [1.29, 1.82) is 0 Å². The van der Waals surface area contributed by atoms with Crippen LogP contribution in [0, 0.1) is 13.3 Å². The van der Waals surface area contributed by atoms with Crippen LogP contribution in [0.3, 0.4) is 0 Å². The van der Waals surface area contributed by atoms with Gasteiger partial charge in [0, 0.05) is 26.1 Å². The monoisotopic (exact) mass is 422 g/mol. The smallest absolute Gasteiger partial charge is 0.481 e. The van der Waals surface area contributed by atoms with E-state index < -0.39 is 5.97 Å². The zero-order valence-electron chi connectivity index (χ0n) is 12.3. The standard InChI is InChI=1S/C11H18N2O4S.CH3.Cs/c1-8-4-10(15)13(5-8)3-2-12-9(14)6-18-7-11(16)17;;/h8H,2-7H2,1H3,(H,12,14)(H,16,17);1H3;/q;-1;+1. The number of amides is 2. The molecule has 0 spiro atoms. The van der Waals surface area contributed by atoms with Gasteiger partial charge in [-0.15, -0.1) is 11.8 Å². The summed E-state index contributed by atoms with van der Waals surface area (Å²) in [5, 5.41) is 11.1. The van der Waals surface area contributed by atoms with Crippen molar-refractivity contribution < 1.29 is 88.4 Å². The van der Waals surface area contributed by atoms with E-state index in [4.69, 9.17) is 5.11 Å². The van der Waals surface area contributed by atoms with Crippen LogP contribution in [0.5, 0.6) is 0 Å². The van der Waals surface area contributed by atoms with Crippen LogP contribution >= 0.6 is 11.8 Å². The van der Waals surface area contributed by atoms with E-state index in [1.807, 2.05) is 6.92 Å². The molecule has 0 aromatic carbocycles. The Morgan fingerprint density at radius 2 is 2.10 bits per heavy atom. The zero-order valence-corrected chi connectivity index (χ0v) is 19.4. The minimum Gasteiger partial charge on any atom is -0.481 e. The van der Waals surface area contributed by atoms with E-state index in [1.165, 1.54) is 0 Å². The van der Waals surface area contributed by atoms with Gasteiger partial charge in [0.2, 0.25) is 11.8 Å². The van der Waals surface area contributed by atoms with Crippen LogP contribution in [0.2, 0.25) is 0 Å². The fourth-order valence-corrected chi connectivity index (χ4v) is 2.36. The first kappa shape index (κ1) is 23.1. The van der Waals surface area contributed by atoms with Crippen LogP contribution in [-0.2, 0) is 14.4 Å². The van der Waals surface area contributed by atoms with Crippen LogP contribution in [0.1, 0.15) is 13.3 Å². The summed E-state index contributed by atoms with van der Waals surface area (Å²) >= 11 is 1.06. The van der Waals surface area contributed by atoms with Crippen molar-refractivity contribution in [3.63, 3.8) is 0 Å². The summed E-state index contributed by atoms with van der Waals surface area (Å²) in [5.74, 6) is -0.534. The number of aliphatic carboxylic acids is 1. The van der Waals surface area contributed by atoms with Crippen molar-refractivity contribution in [2.24, 2.45) is 5.92 Å². The van der Waals surface area contributed by atoms with E-state index in [2.05, 4.69) is 5.32 Å². The number of carboxylic acid groups (broad SMARTS) is 1. The Balaban J connectivity index is 0. The van der Waals surface area contributed by atoms with Gasteiger partial charge in [-0.3, -0.25) is 14.4 Å². The normalized spacial score (nSPS) is 17.1. The molecule has 20 heavy (non-hydrogen) atoms. The molecule has 1 rings (SSSR count). The average Bonchev–Trinajstić information content (AvgIpc) is 2.57. The maximum absolute atomic E-state index is 11.5. The van der Waals surface area contributed by atoms with Crippen LogP contribution in [0.15, 0.2) is 0 Å². The van der Waals surface area contributed by atoms with E-state index in [0.29, 0.717) is 25.4 Å². The SMILES string of the molecule is CC1CC(=O)N(CCNC(=O)CSCC(=O)O)C1.[CH3-].[Cs+]. The molecule has 0 bridgehead atoms. The molecule has 1 aliphatic heterocycles. The molecule has 1 atom stereocenters. The molecule has 0 aromatic heterocycles. The van der Waals surface area contributed by atoms with Gasteiger partial charge in [-0.05, 0) is 5.92 Å². The molecular formula is C12H21CsN2O4S. The summed E-state index contributed by atoms with van der Waals surface area (Å²) in [6, 6.07) is 0. The van der Waals surface area contributed by atoms with Crippen molar-refractivity contribution in [1.82, 2.24) is 10.2 Å². The third-order valence-electron chi connectivity index (χ3n) is 2.57. The maximum atomic E-state index is 11.5. The van der Waals surface area contributed by atoms with Crippen molar-refractivity contribution >= 4 is 29.5 Å². The number of likely N-dealkylation sites (tertiary alicyclic amines) is 1. The number of thioether (sulfide) groups is 1. The first-order valence-electron chi connectivity index (χ1n) is 5.83. The molecule has 0 aliphatic carbocycles. The van der Waals surface area contributed by atoms with Gasteiger partial charge in [0.15, 0.2) is 0 Å². The van der Waals surface area contributed by atoms with E-state index in [9.17, 15) is 14.4 Å². The summed E-state index contributed by atoms with van der Waals surface area (Å²) in [7, 11) is 0. The summed E-state index contributed by atoms with van der Waals surface area (Å²) in [6.45, 7) is 3.73. The van der Waals surface area contributed by atoms with Gasteiger partial charge in [-0.2, -0.15) is 0 Å². The molecule has 1 aliphatic rings. The Labute approximate surface area is 183 Å². The fraction of sp³-hybridized carbons (Fsp3) is 0.667. The molecule has 1 heterocycles. The van der Waals surface area contributed by atoms with Gasteiger partial charge in [-0.25, -0.2) is 0 Å². The summed E-state index contributed by atoms with van der Waals surface area (Å²) in [6.07, 6.45) is 0.586. The summed E-state index contributed by atoms with van der Waals surface area (Å²) < 4.78 is 0. The topological polar surface area (TPSA) is 86.7 Å². The molecule has 0 aromatic rings. The van der Waals surface area contributed by atoms with Gasteiger partial charge < -0.3 is 22.7 Å². The predicted octanol–water partition coefficient (Wildman–Crippen LogP) is -2.76. The maximum Gasteiger partial charge on any atom is 1.00 e. The van der Waals surface area contributed by atoms with Crippen LogP contribution in [0.4, 0.5) is 0 Å². The number of hydrogen-bond acceptors (Lipinski definition) is 4. The van der Waals surface area contributed by atoms with E-state index in [-0.39, 0.29) is 99.6 Å². The Morgan fingerprint density at radius 1 is 1.45 bits per heavy atom. The molecule has 1 fully saturated rings.